The number of hydrogen-bond donors (Lipinski definition) is 0. The van der Waals surface area contributed by atoms with E-state index in [1.54, 1.807) is 0 Å². The van der Waals surface area contributed by atoms with Crippen LogP contribution in [0.4, 0.5) is 5.69 Å². The van der Waals surface area contributed by atoms with Crippen molar-refractivity contribution in [3.8, 4) is 56.2 Å². The number of allylic oxidation sites excluding steroid dienone is 2. The quantitative estimate of drug-likeness (QED) is 0.158. The molecule has 1 saturated heterocycles. The summed E-state index contributed by atoms with van der Waals surface area (Å²) in [6, 6.07) is 66.7. The van der Waals surface area contributed by atoms with Crippen LogP contribution in [0.3, 0.4) is 0 Å². The molecule has 12 rings (SSSR count). The average molecular weight is 796 g/mol. The van der Waals surface area contributed by atoms with Gasteiger partial charge in [0.25, 0.3) is 0 Å². The highest BCUT2D eigenvalue weighted by Gasteiger charge is 2.56. The number of ether oxygens (including phenoxy) is 1. The Morgan fingerprint density at radius 1 is 0.516 bits per heavy atom. The van der Waals surface area contributed by atoms with Crippen LogP contribution in [-0.4, -0.2) is 27.9 Å². The molecule has 0 spiro atoms. The lowest BCUT2D eigenvalue weighted by Gasteiger charge is -2.39. The molecular weight excluding hydrogens is 755 g/mol. The summed E-state index contributed by atoms with van der Waals surface area (Å²) in [6.07, 6.45) is 7.25. The SMILES string of the molecule is CC12C3=CC=CC[C@H]3OC1C(c1cc3ccccc3c3ccccc13)=Nc1cccc(-c3cccc(-c4cc(-c5ccc(-c6ccccc6)cc5)nc(-c5ccccc5)n4)c3)c12. The molecule has 2 unspecified atom stereocenters. The fourth-order valence-corrected chi connectivity index (χ4v) is 10.2. The third-order valence-electron chi connectivity index (χ3n) is 13.1. The van der Waals surface area contributed by atoms with E-state index in [4.69, 9.17) is 19.7 Å². The lowest BCUT2D eigenvalue weighted by molar-refractivity contribution is 0.0765. The molecule has 1 fully saturated rings. The highest BCUT2D eigenvalue weighted by atomic mass is 16.5. The highest BCUT2D eigenvalue weighted by Crippen LogP contribution is 2.57. The minimum absolute atomic E-state index is 0.0325. The summed E-state index contributed by atoms with van der Waals surface area (Å²) in [5, 5.41) is 4.86. The van der Waals surface area contributed by atoms with Gasteiger partial charge in [-0.25, -0.2) is 15.0 Å². The van der Waals surface area contributed by atoms with Crippen LogP contribution in [-0.2, 0) is 10.2 Å². The van der Waals surface area contributed by atoms with E-state index in [2.05, 4.69) is 189 Å². The minimum Gasteiger partial charge on any atom is -0.363 e. The van der Waals surface area contributed by atoms with E-state index in [-0.39, 0.29) is 12.2 Å². The van der Waals surface area contributed by atoms with E-state index in [1.165, 1.54) is 43.8 Å². The number of aromatic nitrogens is 2. The van der Waals surface area contributed by atoms with Gasteiger partial charge in [-0.2, -0.15) is 0 Å². The highest BCUT2D eigenvalue weighted by molar-refractivity contribution is 6.22. The summed E-state index contributed by atoms with van der Waals surface area (Å²) in [5.41, 5.74) is 14.5. The topological polar surface area (TPSA) is 47.4 Å². The maximum absolute atomic E-state index is 7.22. The second kappa shape index (κ2) is 14.6. The minimum atomic E-state index is -0.477. The predicted molar refractivity (Wildman–Crippen MR) is 255 cm³/mol. The Hall–Kier alpha value is -7.53. The van der Waals surface area contributed by atoms with Crippen molar-refractivity contribution < 1.29 is 4.74 Å². The standard InChI is InChI=1S/C58H41N3O/c1-58-49-27-12-13-29-53(49)62-56(58)55(48-35-42-20-8-9-23-44(42)46-24-10-11-25-47(46)48)59-50-28-15-26-45(54(50)58)41-21-14-22-43(34-41)52-36-51(60-57(61-52)40-18-6-3-7-19-40)39-32-30-38(31-33-39)37-16-4-2-5-17-37/h2-28,30-36,53,56H,29H2,1H3/t53-,56?,58?/m1/s1. The number of hydrogen-bond acceptors (Lipinski definition) is 4. The van der Waals surface area contributed by atoms with Gasteiger partial charge < -0.3 is 4.74 Å². The molecule has 4 nitrogen and oxygen atoms in total. The van der Waals surface area contributed by atoms with Gasteiger partial charge in [-0.3, -0.25) is 0 Å². The number of nitrogens with zero attached hydrogens (tertiary/aromatic N) is 3. The van der Waals surface area contributed by atoms with Gasteiger partial charge in [0, 0.05) is 22.3 Å². The normalized spacial score (nSPS) is 18.8. The van der Waals surface area contributed by atoms with Gasteiger partial charge in [0.05, 0.1) is 34.3 Å². The first-order valence-corrected chi connectivity index (χ1v) is 21.5. The van der Waals surface area contributed by atoms with E-state index >= 15 is 0 Å². The van der Waals surface area contributed by atoms with Crippen molar-refractivity contribution in [1.82, 2.24) is 9.97 Å². The molecule has 0 amide bonds. The molecule has 2 aliphatic heterocycles. The van der Waals surface area contributed by atoms with Crippen LogP contribution in [0, 0.1) is 0 Å². The van der Waals surface area contributed by atoms with Crippen molar-refractivity contribution in [2.24, 2.45) is 4.99 Å². The molecule has 3 heterocycles. The van der Waals surface area contributed by atoms with Crippen molar-refractivity contribution in [2.45, 2.75) is 31.0 Å². The van der Waals surface area contributed by atoms with E-state index < -0.39 is 5.41 Å². The van der Waals surface area contributed by atoms with Gasteiger partial charge >= 0.3 is 0 Å². The molecule has 0 bridgehead atoms. The Kier molecular flexibility index (Phi) is 8.55. The van der Waals surface area contributed by atoms with Gasteiger partial charge in [-0.1, -0.05) is 182 Å². The summed E-state index contributed by atoms with van der Waals surface area (Å²) in [6.45, 7) is 2.39. The van der Waals surface area contributed by atoms with Crippen LogP contribution >= 0.6 is 0 Å². The number of fused-ring (bicyclic) bond motifs is 8. The maximum Gasteiger partial charge on any atom is 0.160 e. The summed E-state index contributed by atoms with van der Waals surface area (Å²) in [5.74, 6) is 0.692. The molecule has 1 aliphatic carbocycles. The van der Waals surface area contributed by atoms with Crippen molar-refractivity contribution in [1.29, 1.82) is 0 Å². The lowest BCUT2D eigenvalue weighted by Crippen LogP contribution is -2.43. The van der Waals surface area contributed by atoms with Crippen molar-refractivity contribution in [2.75, 3.05) is 0 Å². The molecule has 0 radical (unpaired) electrons. The van der Waals surface area contributed by atoms with E-state index in [9.17, 15) is 0 Å². The summed E-state index contributed by atoms with van der Waals surface area (Å²) < 4.78 is 7.22. The third-order valence-corrected chi connectivity index (χ3v) is 13.1. The smallest absolute Gasteiger partial charge is 0.160 e. The zero-order valence-electron chi connectivity index (χ0n) is 34.2. The largest absolute Gasteiger partial charge is 0.363 e. The first-order valence-electron chi connectivity index (χ1n) is 21.5. The molecule has 3 atom stereocenters. The van der Waals surface area contributed by atoms with Crippen molar-refractivity contribution in [3.05, 3.63) is 223 Å². The average Bonchev–Trinajstić information content (AvgIpc) is 3.66. The fraction of sp³-hybridized carbons (Fsp3) is 0.0862. The molecule has 294 valence electrons. The molecule has 0 saturated carbocycles. The molecule has 3 aliphatic rings. The summed E-state index contributed by atoms with van der Waals surface area (Å²) >= 11 is 0. The Morgan fingerprint density at radius 3 is 1.95 bits per heavy atom. The maximum atomic E-state index is 7.22. The van der Waals surface area contributed by atoms with Gasteiger partial charge in [0.15, 0.2) is 5.82 Å². The van der Waals surface area contributed by atoms with E-state index in [0.717, 1.165) is 62.6 Å². The van der Waals surface area contributed by atoms with Crippen LogP contribution < -0.4 is 0 Å². The van der Waals surface area contributed by atoms with Crippen LogP contribution in [0.25, 0.3) is 77.7 Å². The Bertz CT molecular complexity index is 3310. The first kappa shape index (κ1) is 36.3. The Labute approximate surface area is 361 Å². The zero-order valence-corrected chi connectivity index (χ0v) is 34.2. The number of rotatable bonds is 6. The van der Waals surface area contributed by atoms with E-state index in [0.29, 0.717) is 5.82 Å². The molecule has 1 aromatic heterocycles. The lowest BCUT2D eigenvalue weighted by atomic mass is 9.65. The molecule has 62 heavy (non-hydrogen) atoms. The van der Waals surface area contributed by atoms with Crippen molar-refractivity contribution in [3.63, 3.8) is 0 Å². The second-order valence-corrected chi connectivity index (χ2v) is 16.7. The van der Waals surface area contributed by atoms with Gasteiger partial charge in [0.2, 0.25) is 0 Å². The molecule has 4 heteroatoms. The Balaban J connectivity index is 1.02. The molecule has 8 aromatic carbocycles. The first-order chi connectivity index (χ1) is 30.6. The number of benzene rings is 8. The summed E-state index contributed by atoms with van der Waals surface area (Å²) in [7, 11) is 0. The van der Waals surface area contributed by atoms with Gasteiger partial charge in [-0.05, 0) is 92.5 Å². The predicted octanol–water partition coefficient (Wildman–Crippen LogP) is 14.2. The second-order valence-electron chi connectivity index (χ2n) is 16.7. The third kappa shape index (κ3) is 5.90. The van der Waals surface area contributed by atoms with Gasteiger partial charge in [0.1, 0.15) is 6.10 Å². The molecule has 0 N–H and O–H groups in total. The number of aliphatic imine (C=N–C) groups is 1. The summed E-state index contributed by atoms with van der Waals surface area (Å²) in [4.78, 5) is 16.0. The molecule has 9 aromatic rings. The van der Waals surface area contributed by atoms with Crippen LogP contribution in [0.2, 0.25) is 0 Å². The van der Waals surface area contributed by atoms with Crippen LogP contribution in [0.1, 0.15) is 24.5 Å². The van der Waals surface area contributed by atoms with E-state index in [1.807, 2.05) is 24.3 Å². The fourth-order valence-electron chi connectivity index (χ4n) is 10.2. The van der Waals surface area contributed by atoms with Crippen LogP contribution in [0.15, 0.2) is 217 Å². The van der Waals surface area contributed by atoms with Crippen LogP contribution in [0.5, 0.6) is 0 Å². The molecular formula is C58H41N3O. The Morgan fingerprint density at radius 2 is 1.15 bits per heavy atom. The van der Waals surface area contributed by atoms with Gasteiger partial charge in [-0.15, -0.1) is 0 Å². The monoisotopic (exact) mass is 795 g/mol. The van der Waals surface area contributed by atoms with Crippen molar-refractivity contribution >= 4 is 32.9 Å². The zero-order chi connectivity index (χ0) is 41.2.